The Balaban J connectivity index is 1.88. The highest BCUT2D eigenvalue weighted by Gasteiger charge is 2.20. The molecule has 1 aliphatic rings. The van der Waals surface area contributed by atoms with Gasteiger partial charge in [-0.15, -0.1) is 5.10 Å². The maximum Gasteiger partial charge on any atom is 0.288 e. The summed E-state index contributed by atoms with van der Waals surface area (Å²) in [4.78, 5) is 31.4. The summed E-state index contributed by atoms with van der Waals surface area (Å²) in [5, 5.41) is 7.88. The van der Waals surface area contributed by atoms with E-state index in [0.717, 1.165) is 43.9 Å². The largest absolute Gasteiger partial charge is 0.352 e. The molecule has 1 saturated heterocycles. The average molecular weight is 321 g/mol. The summed E-state index contributed by atoms with van der Waals surface area (Å²) >= 11 is 1.39. The Morgan fingerprint density at radius 1 is 1.41 bits per heavy atom. The summed E-state index contributed by atoms with van der Waals surface area (Å²) in [7, 11) is 0. The summed E-state index contributed by atoms with van der Waals surface area (Å²) < 4.78 is 1.24. The van der Waals surface area contributed by atoms with Gasteiger partial charge in [0.05, 0.1) is 0 Å². The fourth-order valence-corrected chi connectivity index (χ4v) is 3.35. The van der Waals surface area contributed by atoms with Crippen molar-refractivity contribution in [2.45, 2.75) is 32.6 Å². The Morgan fingerprint density at radius 2 is 2.18 bits per heavy atom. The second-order valence-corrected chi connectivity index (χ2v) is 6.29. The molecule has 118 valence electrons. The van der Waals surface area contributed by atoms with Gasteiger partial charge in [0.15, 0.2) is 0 Å². The highest BCUT2D eigenvalue weighted by molar-refractivity contribution is 7.20. The lowest BCUT2D eigenvalue weighted by atomic mass is 10.3. The van der Waals surface area contributed by atoms with Crippen LogP contribution in [0.4, 0.5) is 5.13 Å². The number of hydrogen-bond acceptors (Lipinski definition) is 6. The first-order valence-corrected chi connectivity index (χ1v) is 8.44. The standard InChI is InChI=1S/C14H19N5O2S/c1-2-3-6-15-11(20)10-9-16-13-19(12(10)21)17-14(22-13)18-7-4-5-8-18/h9H,2-8H2,1H3,(H,15,20). The van der Waals surface area contributed by atoms with Crippen LogP contribution in [0.15, 0.2) is 11.0 Å². The van der Waals surface area contributed by atoms with Crippen molar-refractivity contribution >= 4 is 27.3 Å². The molecule has 7 nitrogen and oxygen atoms in total. The lowest BCUT2D eigenvalue weighted by Crippen LogP contribution is -2.32. The van der Waals surface area contributed by atoms with Gasteiger partial charge in [0.1, 0.15) is 5.56 Å². The average Bonchev–Trinajstić information content (AvgIpc) is 3.17. The van der Waals surface area contributed by atoms with E-state index in [1.165, 1.54) is 22.0 Å². The van der Waals surface area contributed by atoms with Crippen LogP contribution in [-0.2, 0) is 0 Å². The highest BCUT2D eigenvalue weighted by atomic mass is 32.1. The summed E-state index contributed by atoms with van der Waals surface area (Å²) in [6.07, 6.45) is 5.51. The Morgan fingerprint density at radius 3 is 2.91 bits per heavy atom. The van der Waals surface area contributed by atoms with Crippen LogP contribution in [-0.4, -0.2) is 40.1 Å². The van der Waals surface area contributed by atoms with Gasteiger partial charge in [-0.05, 0) is 19.3 Å². The van der Waals surface area contributed by atoms with Crippen LogP contribution in [0.2, 0.25) is 0 Å². The van der Waals surface area contributed by atoms with E-state index in [1.54, 1.807) is 0 Å². The zero-order valence-corrected chi connectivity index (χ0v) is 13.4. The number of fused-ring (bicyclic) bond motifs is 1. The van der Waals surface area contributed by atoms with Gasteiger partial charge in [0.2, 0.25) is 10.1 Å². The Kier molecular flexibility index (Phi) is 4.37. The minimum absolute atomic E-state index is 0.0480. The Labute approximate surface area is 132 Å². The second kappa shape index (κ2) is 6.43. The molecular formula is C14H19N5O2S. The van der Waals surface area contributed by atoms with Crippen molar-refractivity contribution in [3.63, 3.8) is 0 Å². The van der Waals surface area contributed by atoms with Crippen LogP contribution in [0.25, 0.3) is 4.96 Å². The highest BCUT2D eigenvalue weighted by Crippen LogP contribution is 2.24. The number of unbranched alkanes of at least 4 members (excludes halogenated alkanes) is 1. The number of anilines is 1. The van der Waals surface area contributed by atoms with Crippen molar-refractivity contribution in [2.24, 2.45) is 0 Å². The van der Waals surface area contributed by atoms with Crippen LogP contribution in [0.5, 0.6) is 0 Å². The molecule has 0 spiro atoms. The van der Waals surface area contributed by atoms with Crippen molar-refractivity contribution in [3.05, 3.63) is 22.1 Å². The van der Waals surface area contributed by atoms with Crippen LogP contribution < -0.4 is 15.8 Å². The van der Waals surface area contributed by atoms with E-state index in [0.29, 0.717) is 11.5 Å². The minimum Gasteiger partial charge on any atom is -0.352 e. The molecule has 2 aromatic heterocycles. The number of carbonyl (C=O) groups is 1. The summed E-state index contributed by atoms with van der Waals surface area (Å²) in [5.74, 6) is -0.379. The topological polar surface area (TPSA) is 79.6 Å². The van der Waals surface area contributed by atoms with E-state index in [9.17, 15) is 9.59 Å². The van der Waals surface area contributed by atoms with Gasteiger partial charge in [-0.2, -0.15) is 4.52 Å². The van der Waals surface area contributed by atoms with Gasteiger partial charge in [0, 0.05) is 25.8 Å². The third kappa shape index (κ3) is 2.83. The SMILES string of the molecule is CCCCNC(=O)c1cnc2sc(N3CCCC3)nn2c1=O. The molecule has 1 N–H and O–H groups in total. The fourth-order valence-electron chi connectivity index (χ4n) is 2.44. The van der Waals surface area contributed by atoms with Gasteiger partial charge >= 0.3 is 0 Å². The number of aromatic nitrogens is 3. The summed E-state index contributed by atoms with van der Waals surface area (Å²) in [6, 6.07) is 0. The molecule has 0 radical (unpaired) electrons. The molecule has 8 heteroatoms. The number of hydrogen-bond donors (Lipinski definition) is 1. The Hall–Kier alpha value is -1.96. The minimum atomic E-state index is -0.402. The first-order chi connectivity index (χ1) is 10.7. The number of rotatable bonds is 5. The van der Waals surface area contributed by atoms with Crippen LogP contribution in [0, 0.1) is 0 Å². The lowest BCUT2D eigenvalue weighted by Gasteiger charge is -2.10. The normalized spacial score (nSPS) is 14.7. The van der Waals surface area contributed by atoms with E-state index in [1.807, 2.05) is 6.92 Å². The lowest BCUT2D eigenvalue weighted by molar-refractivity contribution is 0.0951. The Bertz CT molecular complexity index is 732. The number of nitrogens with zero attached hydrogens (tertiary/aromatic N) is 4. The monoisotopic (exact) mass is 321 g/mol. The maximum atomic E-state index is 12.4. The molecule has 0 aliphatic carbocycles. The van der Waals surface area contributed by atoms with E-state index < -0.39 is 5.56 Å². The molecule has 3 rings (SSSR count). The molecule has 0 bridgehead atoms. The van der Waals surface area contributed by atoms with Crippen LogP contribution in [0.3, 0.4) is 0 Å². The molecule has 2 aromatic rings. The molecule has 0 aromatic carbocycles. The van der Waals surface area contributed by atoms with Gasteiger partial charge < -0.3 is 10.2 Å². The number of amides is 1. The van der Waals surface area contributed by atoms with E-state index in [4.69, 9.17) is 0 Å². The number of nitrogens with one attached hydrogen (secondary N) is 1. The molecule has 1 amide bonds. The first-order valence-electron chi connectivity index (χ1n) is 7.62. The van der Waals surface area contributed by atoms with E-state index >= 15 is 0 Å². The van der Waals surface area contributed by atoms with Crippen LogP contribution >= 0.6 is 11.3 Å². The molecule has 22 heavy (non-hydrogen) atoms. The third-order valence-electron chi connectivity index (χ3n) is 3.71. The molecule has 1 aliphatic heterocycles. The maximum absolute atomic E-state index is 12.4. The van der Waals surface area contributed by atoms with Gasteiger partial charge in [-0.1, -0.05) is 24.7 Å². The fraction of sp³-hybridized carbons (Fsp3) is 0.571. The van der Waals surface area contributed by atoms with Crippen molar-refractivity contribution in [2.75, 3.05) is 24.5 Å². The predicted octanol–water partition coefficient (Wildman–Crippen LogP) is 1.28. The zero-order chi connectivity index (χ0) is 15.5. The van der Waals surface area contributed by atoms with Gasteiger partial charge in [-0.25, -0.2) is 4.98 Å². The first kappa shape index (κ1) is 15.0. The van der Waals surface area contributed by atoms with Crippen molar-refractivity contribution < 1.29 is 4.79 Å². The zero-order valence-electron chi connectivity index (χ0n) is 12.5. The smallest absolute Gasteiger partial charge is 0.288 e. The molecular weight excluding hydrogens is 302 g/mol. The molecule has 0 saturated carbocycles. The molecule has 1 fully saturated rings. The quantitative estimate of drug-likeness (QED) is 0.839. The van der Waals surface area contributed by atoms with E-state index in [2.05, 4.69) is 20.3 Å². The summed E-state index contributed by atoms with van der Waals surface area (Å²) in [6.45, 7) is 4.52. The second-order valence-electron chi connectivity index (χ2n) is 5.36. The van der Waals surface area contributed by atoms with Gasteiger partial charge in [-0.3, -0.25) is 9.59 Å². The van der Waals surface area contributed by atoms with Crippen molar-refractivity contribution in [1.82, 2.24) is 19.9 Å². The van der Waals surface area contributed by atoms with E-state index in [-0.39, 0.29) is 11.5 Å². The van der Waals surface area contributed by atoms with Gasteiger partial charge in [0.25, 0.3) is 11.5 Å². The molecule has 0 atom stereocenters. The molecule has 0 unspecified atom stereocenters. The van der Waals surface area contributed by atoms with Crippen molar-refractivity contribution in [3.8, 4) is 0 Å². The van der Waals surface area contributed by atoms with Crippen molar-refractivity contribution in [1.29, 1.82) is 0 Å². The molecule has 3 heterocycles. The number of carbonyl (C=O) groups excluding carboxylic acids is 1. The summed E-state index contributed by atoms with van der Waals surface area (Å²) in [5.41, 5.74) is -0.354. The predicted molar refractivity (Wildman–Crippen MR) is 85.8 cm³/mol. The van der Waals surface area contributed by atoms with Crippen LogP contribution in [0.1, 0.15) is 43.0 Å². The third-order valence-corrected chi connectivity index (χ3v) is 4.70.